The van der Waals surface area contributed by atoms with Gasteiger partial charge in [0.1, 0.15) is 6.07 Å². The maximum atomic E-state index is 10.5. The number of aromatic nitrogens is 3. The zero-order valence-electron chi connectivity index (χ0n) is 26.2. The smallest absolute Gasteiger partial charge is 0.101 e. The van der Waals surface area contributed by atoms with Gasteiger partial charge in [-0.2, -0.15) is 5.26 Å². The third-order valence-electron chi connectivity index (χ3n) is 9.94. The van der Waals surface area contributed by atoms with Gasteiger partial charge in [-0.1, -0.05) is 91.0 Å². The number of benzene rings is 7. The highest BCUT2D eigenvalue weighted by Crippen LogP contribution is 2.47. The van der Waals surface area contributed by atoms with E-state index < -0.39 is 0 Å². The highest BCUT2D eigenvalue weighted by Gasteiger charge is 2.26. The van der Waals surface area contributed by atoms with E-state index in [0.29, 0.717) is 5.56 Å². The molecule has 0 aliphatic heterocycles. The summed E-state index contributed by atoms with van der Waals surface area (Å²) in [6.45, 7) is 2.23. The Morgan fingerprint density at radius 3 is 1.71 bits per heavy atom. The molecular weight excluding hydrogens is 585 g/mol. The third kappa shape index (κ3) is 3.48. The van der Waals surface area contributed by atoms with Crippen molar-refractivity contribution < 1.29 is 0 Å². The summed E-state index contributed by atoms with van der Waals surface area (Å²) in [6.07, 6.45) is 0. The van der Waals surface area contributed by atoms with E-state index in [1.54, 1.807) is 0 Å². The van der Waals surface area contributed by atoms with Gasteiger partial charge in [-0.15, -0.1) is 0 Å². The minimum absolute atomic E-state index is 0.639. The molecule has 0 bridgehead atoms. The molecule has 4 nitrogen and oxygen atoms in total. The molecule has 7 aromatic carbocycles. The number of para-hydroxylation sites is 5. The van der Waals surface area contributed by atoms with Crippen LogP contribution >= 0.6 is 0 Å². The number of hydrogen-bond donors (Lipinski definition) is 0. The van der Waals surface area contributed by atoms with Crippen molar-refractivity contribution in [3.8, 4) is 23.1 Å². The molecule has 0 saturated heterocycles. The highest BCUT2D eigenvalue weighted by molar-refractivity contribution is 6.32. The van der Waals surface area contributed by atoms with E-state index in [2.05, 4.69) is 160 Å². The molecule has 224 valence electrons. The van der Waals surface area contributed by atoms with Gasteiger partial charge in [0.2, 0.25) is 0 Å². The monoisotopic (exact) mass is 612 g/mol. The SMILES string of the molecule is Cc1cc2c3ccc4c(c5ccccc5n4-c4ccccc4)c3n(-c3ccccc3C#N)c2c2c3ccccc3n(-c3ccccc3)c12. The fourth-order valence-electron chi connectivity index (χ4n) is 8.09. The van der Waals surface area contributed by atoms with Crippen LogP contribution in [0.2, 0.25) is 0 Å². The van der Waals surface area contributed by atoms with Crippen LogP contribution in [0.15, 0.2) is 152 Å². The summed E-state index contributed by atoms with van der Waals surface area (Å²) in [7, 11) is 0. The number of nitriles is 1. The van der Waals surface area contributed by atoms with Gasteiger partial charge in [-0.05, 0) is 73.2 Å². The average Bonchev–Trinajstić information content (AvgIpc) is 3.78. The Balaban J connectivity index is 1.52. The fraction of sp³-hybridized carbons (Fsp3) is 0.0227. The van der Waals surface area contributed by atoms with Crippen LogP contribution in [0, 0.1) is 18.3 Å². The predicted octanol–water partition coefficient (Wildman–Crippen LogP) is 11.2. The summed E-state index contributed by atoms with van der Waals surface area (Å²) in [4.78, 5) is 0. The molecule has 3 aromatic heterocycles. The van der Waals surface area contributed by atoms with Gasteiger partial charge in [0.05, 0.1) is 44.4 Å². The molecular formula is C44H28N4. The molecule has 10 rings (SSSR count). The first kappa shape index (κ1) is 26.6. The van der Waals surface area contributed by atoms with Gasteiger partial charge in [0.15, 0.2) is 0 Å². The lowest BCUT2D eigenvalue weighted by molar-refractivity contribution is 1.16. The first-order valence-electron chi connectivity index (χ1n) is 16.3. The molecule has 0 fully saturated rings. The molecule has 0 saturated carbocycles. The highest BCUT2D eigenvalue weighted by atomic mass is 15.0. The first-order chi connectivity index (χ1) is 23.7. The third-order valence-corrected chi connectivity index (χ3v) is 9.94. The largest absolute Gasteiger partial charge is 0.309 e. The van der Waals surface area contributed by atoms with Crippen molar-refractivity contribution in [2.45, 2.75) is 6.92 Å². The lowest BCUT2D eigenvalue weighted by atomic mass is 10.0. The van der Waals surface area contributed by atoms with E-state index in [-0.39, 0.29) is 0 Å². The minimum atomic E-state index is 0.639. The number of fused-ring (bicyclic) bond motifs is 11. The van der Waals surface area contributed by atoms with Crippen molar-refractivity contribution in [3.05, 3.63) is 163 Å². The van der Waals surface area contributed by atoms with Crippen molar-refractivity contribution in [2.24, 2.45) is 0 Å². The molecule has 0 spiro atoms. The number of aryl methyl sites for hydroxylation is 1. The van der Waals surface area contributed by atoms with Crippen LogP contribution in [0.3, 0.4) is 0 Å². The molecule has 0 N–H and O–H groups in total. The molecule has 3 heterocycles. The summed E-state index contributed by atoms with van der Waals surface area (Å²) in [5.41, 5.74) is 11.8. The topological polar surface area (TPSA) is 38.6 Å². The zero-order chi connectivity index (χ0) is 31.9. The van der Waals surface area contributed by atoms with Crippen LogP contribution in [-0.2, 0) is 0 Å². The van der Waals surface area contributed by atoms with Crippen LogP contribution in [0.1, 0.15) is 11.1 Å². The van der Waals surface area contributed by atoms with E-state index >= 15 is 0 Å². The summed E-state index contributed by atoms with van der Waals surface area (Å²) in [5.74, 6) is 0. The number of rotatable bonds is 3. The average molecular weight is 613 g/mol. The van der Waals surface area contributed by atoms with Crippen molar-refractivity contribution in [1.29, 1.82) is 5.26 Å². The quantitative estimate of drug-likeness (QED) is 0.196. The maximum Gasteiger partial charge on any atom is 0.101 e. The lowest BCUT2D eigenvalue weighted by Crippen LogP contribution is -1.99. The second kappa shape index (κ2) is 9.96. The molecule has 0 amide bonds. The van der Waals surface area contributed by atoms with Crippen LogP contribution in [0.5, 0.6) is 0 Å². The van der Waals surface area contributed by atoms with Crippen molar-refractivity contribution in [2.75, 3.05) is 0 Å². The molecule has 0 aliphatic carbocycles. The first-order valence-corrected chi connectivity index (χ1v) is 16.3. The Kier molecular flexibility index (Phi) is 5.53. The van der Waals surface area contributed by atoms with Gasteiger partial charge in [0, 0.05) is 43.7 Å². The molecule has 0 atom stereocenters. The van der Waals surface area contributed by atoms with Gasteiger partial charge in [0.25, 0.3) is 0 Å². The Labute approximate surface area is 276 Å². The molecule has 48 heavy (non-hydrogen) atoms. The molecule has 0 radical (unpaired) electrons. The minimum Gasteiger partial charge on any atom is -0.309 e. The molecule has 0 aliphatic rings. The fourth-order valence-corrected chi connectivity index (χ4v) is 8.09. The Morgan fingerprint density at radius 1 is 0.438 bits per heavy atom. The summed E-state index contributed by atoms with van der Waals surface area (Å²) in [5, 5.41) is 17.6. The van der Waals surface area contributed by atoms with Gasteiger partial charge in [-0.25, -0.2) is 0 Å². The number of hydrogen-bond acceptors (Lipinski definition) is 1. The molecule has 10 aromatic rings. The van der Waals surface area contributed by atoms with E-state index in [4.69, 9.17) is 0 Å². The number of nitrogens with zero attached hydrogens (tertiary/aromatic N) is 4. The second-order valence-corrected chi connectivity index (χ2v) is 12.5. The normalized spacial score (nSPS) is 11.8. The van der Waals surface area contributed by atoms with E-state index in [1.807, 2.05) is 18.2 Å². The van der Waals surface area contributed by atoms with Crippen molar-refractivity contribution >= 4 is 65.4 Å². The zero-order valence-corrected chi connectivity index (χ0v) is 26.2. The Morgan fingerprint density at radius 2 is 1.00 bits per heavy atom. The van der Waals surface area contributed by atoms with Crippen LogP contribution in [0.4, 0.5) is 0 Å². The molecule has 4 heteroatoms. The van der Waals surface area contributed by atoms with Gasteiger partial charge >= 0.3 is 0 Å². The van der Waals surface area contributed by atoms with E-state index in [1.165, 1.54) is 43.4 Å². The maximum absolute atomic E-state index is 10.5. The van der Waals surface area contributed by atoms with E-state index in [0.717, 1.165) is 44.6 Å². The second-order valence-electron chi connectivity index (χ2n) is 12.5. The Bertz CT molecular complexity index is 2950. The van der Waals surface area contributed by atoms with Gasteiger partial charge in [-0.3, -0.25) is 0 Å². The van der Waals surface area contributed by atoms with Crippen LogP contribution in [0.25, 0.3) is 82.5 Å². The predicted molar refractivity (Wildman–Crippen MR) is 199 cm³/mol. The summed E-state index contributed by atoms with van der Waals surface area (Å²) < 4.78 is 7.15. The van der Waals surface area contributed by atoms with Crippen molar-refractivity contribution in [3.63, 3.8) is 0 Å². The van der Waals surface area contributed by atoms with Gasteiger partial charge < -0.3 is 13.7 Å². The summed E-state index contributed by atoms with van der Waals surface area (Å²) in [6, 6.07) is 56.1. The Hall–Kier alpha value is -6.57. The van der Waals surface area contributed by atoms with E-state index in [9.17, 15) is 5.26 Å². The van der Waals surface area contributed by atoms with Crippen LogP contribution in [-0.4, -0.2) is 13.7 Å². The lowest BCUT2D eigenvalue weighted by Gasteiger charge is -2.13. The summed E-state index contributed by atoms with van der Waals surface area (Å²) >= 11 is 0. The standard InChI is InChI=1S/C44H28N4/c1-28-26-35-32-24-25-39-40(33-19-9-12-22-37(33)46(39)30-15-4-2-5-16-30)43(32)48(36-21-11-8-14-29(36)27-45)44(35)41-34-20-10-13-23-38(34)47(42(28)41)31-17-6-3-7-18-31/h2-26H,1H3. The van der Waals surface area contributed by atoms with Crippen molar-refractivity contribution in [1.82, 2.24) is 13.7 Å². The molecule has 0 unspecified atom stereocenters. The van der Waals surface area contributed by atoms with Crippen LogP contribution < -0.4 is 0 Å².